The van der Waals surface area contributed by atoms with E-state index in [1.165, 1.54) is 0 Å². The molecule has 26 heavy (non-hydrogen) atoms. The minimum absolute atomic E-state index is 0.185. The first-order valence-electron chi connectivity index (χ1n) is 9.71. The van der Waals surface area contributed by atoms with Gasteiger partial charge in [0.2, 0.25) is 5.91 Å². The van der Waals surface area contributed by atoms with E-state index in [2.05, 4.69) is 31.1 Å². The van der Waals surface area contributed by atoms with Gasteiger partial charge in [0.25, 0.3) is 0 Å². The first-order valence-corrected chi connectivity index (χ1v) is 9.71. The highest BCUT2D eigenvalue weighted by molar-refractivity contribution is 5.78. The van der Waals surface area contributed by atoms with Gasteiger partial charge in [-0.1, -0.05) is 18.2 Å². The number of rotatable bonds is 4. The third kappa shape index (κ3) is 4.57. The van der Waals surface area contributed by atoms with Crippen molar-refractivity contribution in [2.45, 2.75) is 37.8 Å². The summed E-state index contributed by atoms with van der Waals surface area (Å²) in [7, 11) is 8.18. The summed E-state index contributed by atoms with van der Waals surface area (Å²) >= 11 is 0. The number of ether oxygens (including phenoxy) is 1. The van der Waals surface area contributed by atoms with E-state index in [0.29, 0.717) is 19.6 Å². The molecule has 0 bridgehead atoms. The Labute approximate surface area is 157 Å². The number of amides is 1. The molecule has 0 atom stereocenters. The quantitative estimate of drug-likeness (QED) is 0.827. The normalized spacial score (nSPS) is 25.9. The Morgan fingerprint density at radius 3 is 2.50 bits per heavy atom. The number of benzene rings is 1. The number of hydrogen-bond acceptors (Lipinski definition) is 4. The zero-order valence-electron chi connectivity index (χ0n) is 16.7. The van der Waals surface area contributed by atoms with Crippen molar-refractivity contribution >= 4 is 5.91 Å². The van der Waals surface area contributed by atoms with Gasteiger partial charge in [-0.05, 0) is 65.9 Å². The van der Waals surface area contributed by atoms with Crippen molar-refractivity contribution in [3.05, 3.63) is 29.8 Å². The van der Waals surface area contributed by atoms with Gasteiger partial charge in [0.05, 0.1) is 13.1 Å². The Kier molecular flexibility index (Phi) is 5.88. The predicted molar refractivity (Wildman–Crippen MR) is 104 cm³/mol. The van der Waals surface area contributed by atoms with Crippen molar-refractivity contribution in [3.8, 4) is 5.75 Å². The smallest absolute Gasteiger partial charge is 0.237 e. The first-order chi connectivity index (χ1) is 12.4. The monoisotopic (exact) mass is 359 g/mol. The average molecular weight is 360 g/mol. The standard InChI is InChI=1S/C21H33N3O2/c1-22(2)13-17-9-11-21(12-10-17)16-24(20(25)15-23(3)4)14-18-7-5-6-8-19(18)26-21/h5-8,17H,9-16H2,1-4H3. The number of nitrogens with zero attached hydrogens (tertiary/aromatic N) is 3. The molecule has 1 aliphatic carbocycles. The minimum atomic E-state index is -0.239. The molecule has 1 aromatic carbocycles. The van der Waals surface area contributed by atoms with Crippen LogP contribution in [0.1, 0.15) is 31.2 Å². The summed E-state index contributed by atoms with van der Waals surface area (Å²) in [4.78, 5) is 19.1. The molecule has 1 fully saturated rings. The van der Waals surface area contributed by atoms with E-state index in [1.54, 1.807) is 0 Å². The van der Waals surface area contributed by atoms with Crippen LogP contribution in [0.3, 0.4) is 0 Å². The van der Waals surface area contributed by atoms with Crippen LogP contribution in [0.2, 0.25) is 0 Å². The van der Waals surface area contributed by atoms with Gasteiger partial charge < -0.3 is 19.4 Å². The van der Waals surface area contributed by atoms with E-state index in [1.807, 2.05) is 36.0 Å². The fourth-order valence-corrected chi connectivity index (χ4v) is 4.32. The van der Waals surface area contributed by atoms with E-state index in [-0.39, 0.29) is 11.5 Å². The fraction of sp³-hybridized carbons (Fsp3) is 0.667. The number of likely N-dealkylation sites (N-methyl/N-ethyl adjacent to an activating group) is 1. The van der Waals surface area contributed by atoms with E-state index in [4.69, 9.17) is 4.74 Å². The summed E-state index contributed by atoms with van der Waals surface area (Å²) in [5, 5.41) is 0. The molecule has 2 aliphatic rings. The summed E-state index contributed by atoms with van der Waals surface area (Å²) < 4.78 is 6.60. The van der Waals surface area contributed by atoms with Crippen molar-refractivity contribution < 1.29 is 9.53 Å². The molecule has 0 radical (unpaired) electrons. The number of carbonyl (C=O) groups is 1. The number of hydrogen-bond donors (Lipinski definition) is 0. The Balaban J connectivity index is 1.80. The fourth-order valence-electron chi connectivity index (χ4n) is 4.32. The summed E-state index contributed by atoms with van der Waals surface area (Å²) in [6.07, 6.45) is 4.36. The van der Waals surface area contributed by atoms with Gasteiger partial charge in [0.1, 0.15) is 11.4 Å². The van der Waals surface area contributed by atoms with Gasteiger partial charge in [0, 0.05) is 18.7 Å². The van der Waals surface area contributed by atoms with E-state index >= 15 is 0 Å². The molecule has 1 aromatic rings. The topological polar surface area (TPSA) is 36.0 Å². The lowest BCUT2D eigenvalue weighted by Gasteiger charge is -2.42. The summed E-state index contributed by atoms with van der Waals surface area (Å²) in [6.45, 7) is 2.92. The number of carbonyl (C=O) groups excluding carboxylic acids is 1. The molecule has 0 saturated heterocycles. The van der Waals surface area contributed by atoms with Crippen LogP contribution < -0.4 is 4.74 Å². The lowest BCUT2D eigenvalue weighted by molar-refractivity contribution is -0.135. The first kappa shape index (κ1) is 19.2. The molecular formula is C21H33N3O2. The highest BCUT2D eigenvalue weighted by atomic mass is 16.5. The zero-order valence-corrected chi connectivity index (χ0v) is 16.7. The van der Waals surface area contributed by atoms with Crippen LogP contribution in [0.4, 0.5) is 0 Å². The van der Waals surface area contributed by atoms with Crippen LogP contribution >= 0.6 is 0 Å². The molecule has 144 valence electrons. The SMILES string of the molecule is CN(C)CC(=O)N1Cc2ccccc2OC2(CCC(CN(C)C)CC2)C1. The molecule has 1 amide bonds. The predicted octanol–water partition coefficient (Wildman–Crippen LogP) is 2.46. The maximum atomic E-state index is 12.8. The van der Waals surface area contributed by atoms with Gasteiger partial charge in [-0.3, -0.25) is 4.79 Å². The van der Waals surface area contributed by atoms with Crippen LogP contribution in [-0.2, 0) is 11.3 Å². The Hall–Kier alpha value is -1.59. The highest BCUT2D eigenvalue weighted by Crippen LogP contribution is 2.40. The molecule has 5 heteroatoms. The summed E-state index contributed by atoms with van der Waals surface area (Å²) in [5.74, 6) is 1.87. The second-order valence-corrected chi connectivity index (χ2v) is 8.59. The average Bonchev–Trinajstić information content (AvgIpc) is 2.73. The van der Waals surface area contributed by atoms with Gasteiger partial charge in [-0.2, -0.15) is 0 Å². The molecule has 1 saturated carbocycles. The molecule has 1 aliphatic heterocycles. The van der Waals surface area contributed by atoms with Crippen molar-refractivity contribution in [2.75, 3.05) is 47.8 Å². The second-order valence-electron chi connectivity index (χ2n) is 8.59. The largest absolute Gasteiger partial charge is 0.485 e. The van der Waals surface area contributed by atoms with Crippen LogP contribution in [0, 0.1) is 5.92 Å². The molecular weight excluding hydrogens is 326 g/mol. The van der Waals surface area contributed by atoms with Crippen LogP contribution in [0.15, 0.2) is 24.3 Å². The Morgan fingerprint density at radius 1 is 1.15 bits per heavy atom. The van der Waals surface area contributed by atoms with Gasteiger partial charge >= 0.3 is 0 Å². The third-order valence-corrected chi connectivity index (χ3v) is 5.58. The van der Waals surface area contributed by atoms with Gasteiger partial charge in [0.15, 0.2) is 0 Å². The number of para-hydroxylation sites is 1. The molecule has 1 heterocycles. The molecule has 0 aromatic heterocycles. The minimum Gasteiger partial charge on any atom is -0.485 e. The van der Waals surface area contributed by atoms with Crippen molar-refractivity contribution in [2.24, 2.45) is 5.92 Å². The van der Waals surface area contributed by atoms with Crippen molar-refractivity contribution in [3.63, 3.8) is 0 Å². The molecule has 0 unspecified atom stereocenters. The van der Waals surface area contributed by atoms with E-state index < -0.39 is 0 Å². The van der Waals surface area contributed by atoms with Gasteiger partial charge in [-0.15, -0.1) is 0 Å². The molecule has 1 spiro atoms. The van der Waals surface area contributed by atoms with Crippen molar-refractivity contribution in [1.82, 2.24) is 14.7 Å². The Morgan fingerprint density at radius 2 is 1.85 bits per heavy atom. The summed E-state index contributed by atoms with van der Waals surface area (Å²) in [5.41, 5.74) is 0.879. The lowest BCUT2D eigenvalue weighted by atomic mass is 9.78. The van der Waals surface area contributed by atoms with E-state index in [0.717, 1.165) is 49.5 Å². The third-order valence-electron chi connectivity index (χ3n) is 5.58. The maximum Gasteiger partial charge on any atom is 0.237 e. The summed E-state index contributed by atoms with van der Waals surface area (Å²) in [6, 6.07) is 8.20. The van der Waals surface area contributed by atoms with Crippen molar-refractivity contribution in [1.29, 1.82) is 0 Å². The van der Waals surface area contributed by atoms with E-state index in [9.17, 15) is 4.79 Å². The number of fused-ring (bicyclic) bond motifs is 1. The van der Waals surface area contributed by atoms with Crippen LogP contribution in [-0.4, -0.2) is 74.0 Å². The zero-order chi connectivity index (χ0) is 18.7. The van der Waals surface area contributed by atoms with Crippen LogP contribution in [0.25, 0.3) is 0 Å². The second kappa shape index (κ2) is 7.97. The molecule has 5 nitrogen and oxygen atoms in total. The van der Waals surface area contributed by atoms with Gasteiger partial charge in [-0.25, -0.2) is 0 Å². The maximum absolute atomic E-state index is 12.8. The molecule has 3 rings (SSSR count). The molecule has 0 N–H and O–H groups in total. The highest BCUT2D eigenvalue weighted by Gasteiger charge is 2.42. The Bertz CT molecular complexity index is 621. The van der Waals surface area contributed by atoms with Crippen LogP contribution in [0.5, 0.6) is 5.75 Å². The lowest BCUT2D eigenvalue weighted by Crippen LogP contribution is -2.51.